The second kappa shape index (κ2) is 5.87. The number of benzene rings is 1. The molecular weight excluding hydrogens is 242 g/mol. The Hall–Kier alpha value is -1.84. The highest BCUT2D eigenvalue weighted by Gasteiger charge is 2.20. The van der Waals surface area contributed by atoms with E-state index in [2.05, 4.69) is 5.32 Å². The highest BCUT2D eigenvalue weighted by Crippen LogP contribution is 2.34. The predicted molar refractivity (Wildman–Crippen MR) is 74.1 cm³/mol. The maximum atomic E-state index is 11.0. The van der Waals surface area contributed by atoms with Crippen LogP contribution in [0.25, 0.3) is 0 Å². The maximum Gasteiger partial charge on any atom is 0.284 e. The molecule has 104 valence electrons. The molecule has 19 heavy (non-hydrogen) atoms. The summed E-state index contributed by atoms with van der Waals surface area (Å²) in [6, 6.07) is 3.73. The molecule has 0 bridgehead atoms. The van der Waals surface area contributed by atoms with E-state index in [4.69, 9.17) is 0 Å². The molecule has 1 aromatic rings. The zero-order chi connectivity index (χ0) is 14.6. The van der Waals surface area contributed by atoms with Crippen molar-refractivity contribution in [2.45, 2.75) is 46.1 Å². The van der Waals surface area contributed by atoms with Crippen molar-refractivity contribution in [3.8, 4) is 5.75 Å². The predicted octanol–water partition coefficient (Wildman–Crippen LogP) is 2.07. The topological polar surface area (TPSA) is 66.4 Å². The van der Waals surface area contributed by atoms with E-state index in [-0.39, 0.29) is 18.2 Å². The Morgan fingerprint density at radius 2 is 2.00 bits per heavy atom. The van der Waals surface area contributed by atoms with Crippen molar-refractivity contribution in [2.24, 2.45) is 0 Å². The molecule has 0 radical (unpaired) electrons. The summed E-state index contributed by atoms with van der Waals surface area (Å²) in [5, 5.41) is 12.7. The third-order valence-electron chi connectivity index (χ3n) is 3.01. The van der Waals surface area contributed by atoms with Gasteiger partial charge in [-0.2, -0.15) is 0 Å². The van der Waals surface area contributed by atoms with Crippen LogP contribution in [0.2, 0.25) is 0 Å². The maximum absolute atomic E-state index is 11.0. The van der Waals surface area contributed by atoms with Crippen LogP contribution in [0.1, 0.15) is 44.4 Å². The fourth-order valence-electron chi connectivity index (χ4n) is 1.93. The second-order valence-corrected chi connectivity index (χ2v) is 5.59. The molecule has 0 spiro atoms. The van der Waals surface area contributed by atoms with Crippen LogP contribution in [0.5, 0.6) is 5.75 Å². The lowest BCUT2D eigenvalue weighted by molar-refractivity contribution is -0.131. The Bertz CT molecular complexity index is 487. The van der Waals surface area contributed by atoms with Crippen LogP contribution in [0.4, 0.5) is 0 Å². The number of aromatic hydroxyl groups is 1. The van der Waals surface area contributed by atoms with Crippen molar-refractivity contribution in [1.29, 1.82) is 0 Å². The number of nitrogens with one attached hydrogen (secondary N) is 1. The summed E-state index contributed by atoms with van der Waals surface area (Å²) in [6.45, 7) is 8.32. The molecule has 4 heteroatoms. The first-order chi connectivity index (χ1) is 8.79. The number of carbonyl (C=O) groups excluding carboxylic acids is 2. The van der Waals surface area contributed by atoms with E-state index in [9.17, 15) is 14.7 Å². The zero-order valence-corrected chi connectivity index (χ0v) is 11.9. The Morgan fingerprint density at radius 3 is 2.47 bits per heavy atom. The Labute approximate surface area is 113 Å². The molecule has 1 rings (SSSR count). The summed E-state index contributed by atoms with van der Waals surface area (Å²) in [4.78, 5) is 21.2. The molecule has 0 aliphatic heterocycles. The molecule has 0 saturated carbocycles. The average Bonchev–Trinajstić information content (AvgIpc) is 2.35. The average molecular weight is 263 g/mol. The lowest BCUT2D eigenvalue weighted by Crippen LogP contribution is -2.24. The molecular formula is C15H21NO3. The van der Waals surface area contributed by atoms with Gasteiger partial charge in [0.1, 0.15) is 5.75 Å². The normalized spacial score (nSPS) is 11.2. The van der Waals surface area contributed by atoms with Crippen molar-refractivity contribution < 1.29 is 14.7 Å². The van der Waals surface area contributed by atoms with E-state index < -0.39 is 5.91 Å². The summed E-state index contributed by atoms with van der Waals surface area (Å²) in [5.74, 6) is -0.316. The summed E-state index contributed by atoms with van der Waals surface area (Å²) in [7, 11) is 0. The number of hydrogen-bond donors (Lipinski definition) is 2. The fourth-order valence-corrected chi connectivity index (χ4v) is 1.93. The molecule has 0 atom stereocenters. The molecule has 0 fully saturated rings. The number of hydrogen-bond acceptors (Lipinski definition) is 3. The standard InChI is InChI=1S/C15H21NO3/c1-5-11-6-10(8-16-13(18)9-17)7-12(14(11)19)15(2,3)4/h6-7,9,19H,5,8H2,1-4H3,(H,16,18). The van der Waals surface area contributed by atoms with Gasteiger partial charge in [0.15, 0.2) is 0 Å². The van der Waals surface area contributed by atoms with E-state index >= 15 is 0 Å². The number of amides is 1. The minimum Gasteiger partial charge on any atom is -0.507 e. The van der Waals surface area contributed by atoms with E-state index in [1.807, 2.05) is 39.8 Å². The monoisotopic (exact) mass is 263 g/mol. The molecule has 0 saturated heterocycles. The van der Waals surface area contributed by atoms with Gasteiger partial charge in [0.05, 0.1) is 0 Å². The van der Waals surface area contributed by atoms with Gasteiger partial charge in [0, 0.05) is 6.54 Å². The van der Waals surface area contributed by atoms with Gasteiger partial charge >= 0.3 is 0 Å². The van der Waals surface area contributed by atoms with Crippen LogP contribution in [0, 0.1) is 0 Å². The smallest absolute Gasteiger partial charge is 0.284 e. The van der Waals surface area contributed by atoms with E-state index in [0.29, 0.717) is 12.2 Å². The number of phenolic OH excluding ortho intramolecular Hbond substituents is 1. The van der Waals surface area contributed by atoms with Gasteiger partial charge in [0.2, 0.25) is 6.29 Å². The quantitative estimate of drug-likeness (QED) is 0.645. The minimum atomic E-state index is -0.636. The first-order valence-corrected chi connectivity index (χ1v) is 6.37. The number of aryl methyl sites for hydroxylation is 1. The van der Waals surface area contributed by atoms with Crippen molar-refractivity contribution in [3.63, 3.8) is 0 Å². The van der Waals surface area contributed by atoms with Gasteiger partial charge in [-0.1, -0.05) is 33.8 Å². The van der Waals surface area contributed by atoms with Crippen LogP contribution in [0.3, 0.4) is 0 Å². The third-order valence-corrected chi connectivity index (χ3v) is 3.01. The van der Waals surface area contributed by atoms with Crippen molar-refractivity contribution in [2.75, 3.05) is 0 Å². The lowest BCUT2D eigenvalue weighted by Gasteiger charge is -2.23. The Kier molecular flexibility index (Phi) is 4.70. The van der Waals surface area contributed by atoms with Gasteiger partial charge in [0.25, 0.3) is 5.91 Å². The molecule has 0 heterocycles. The number of phenols is 1. The molecule has 0 aliphatic carbocycles. The van der Waals surface area contributed by atoms with Crippen LogP contribution < -0.4 is 5.32 Å². The Morgan fingerprint density at radius 1 is 1.37 bits per heavy atom. The van der Waals surface area contributed by atoms with E-state index in [0.717, 1.165) is 16.7 Å². The zero-order valence-electron chi connectivity index (χ0n) is 11.9. The first kappa shape index (κ1) is 15.2. The van der Waals surface area contributed by atoms with Crippen molar-refractivity contribution in [3.05, 3.63) is 28.8 Å². The van der Waals surface area contributed by atoms with E-state index in [1.165, 1.54) is 0 Å². The van der Waals surface area contributed by atoms with Crippen LogP contribution in [-0.4, -0.2) is 17.3 Å². The minimum absolute atomic E-state index is 0.182. The summed E-state index contributed by atoms with van der Waals surface area (Å²) < 4.78 is 0. The molecule has 4 nitrogen and oxygen atoms in total. The third kappa shape index (κ3) is 3.81. The highest BCUT2D eigenvalue weighted by molar-refractivity contribution is 6.23. The number of aldehydes is 1. The molecule has 0 aromatic heterocycles. The number of carbonyl (C=O) groups is 2. The van der Waals surface area contributed by atoms with Gasteiger partial charge in [-0.3, -0.25) is 9.59 Å². The van der Waals surface area contributed by atoms with E-state index in [1.54, 1.807) is 0 Å². The first-order valence-electron chi connectivity index (χ1n) is 6.37. The highest BCUT2D eigenvalue weighted by atomic mass is 16.3. The van der Waals surface area contributed by atoms with Crippen LogP contribution in [0.15, 0.2) is 12.1 Å². The molecule has 1 aromatic carbocycles. The molecule has 1 amide bonds. The van der Waals surface area contributed by atoms with Gasteiger partial charge in [-0.05, 0) is 34.6 Å². The number of rotatable bonds is 4. The molecule has 0 unspecified atom stereocenters. The molecule has 0 aliphatic rings. The summed E-state index contributed by atoms with van der Waals surface area (Å²) >= 11 is 0. The lowest BCUT2D eigenvalue weighted by atomic mass is 9.83. The van der Waals surface area contributed by atoms with Gasteiger partial charge < -0.3 is 10.4 Å². The SMILES string of the molecule is CCc1cc(CNC(=O)C=O)cc(C(C)(C)C)c1O. The Balaban J connectivity index is 3.13. The summed E-state index contributed by atoms with van der Waals surface area (Å²) in [5.41, 5.74) is 2.40. The van der Waals surface area contributed by atoms with Crippen LogP contribution in [-0.2, 0) is 28.0 Å². The van der Waals surface area contributed by atoms with Crippen molar-refractivity contribution in [1.82, 2.24) is 5.32 Å². The summed E-state index contributed by atoms with van der Waals surface area (Å²) in [6.07, 6.45) is 0.968. The van der Waals surface area contributed by atoms with Crippen molar-refractivity contribution >= 4 is 12.2 Å². The largest absolute Gasteiger partial charge is 0.507 e. The van der Waals surface area contributed by atoms with Gasteiger partial charge in [-0.15, -0.1) is 0 Å². The fraction of sp³-hybridized carbons (Fsp3) is 0.467. The second-order valence-electron chi connectivity index (χ2n) is 5.59. The van der Waals surface area contributed by atoms with Gasteiger partial charge in [-0.25, -0.2) is 0 Å². The molecule has 2 N–H and O–H groups in total. The van der Waals surface area contributed by atoms with Crippen LogP contribution >= 0.6 is 0 Å².